The number of amides is 1. The molecule has 1 amide bonds. The van der Waals surface area contributed by atoms with Crippen LogP contribution in [0.4, 0.5) is 6.01 Å². The van der Waals surface area contributed by atoms with Gasteiger partial charge in [-0.25, -0.2) is 0 Å². The molecule has 0 aliphatic carbocycles. The van der Waals surface area contributed by atoms with E-state index in [2.05, 4.69) is 22.1 Å². The standard InChI is InChI=1S/C14H12ClN3O2/c1-9-8-20-14(17-9)18-13(19)11-5-4-10(3-2-6-16)12(15)7-11/h4-5,7-8H,6,16H2,1H3,(H,17,18,19). The van der Waals surface area contributed by atoms with Gasteiger partial charge >= 0.3 is 6.01 Å². The van der Waals surface area contributed by atoms with Crippen molar-refractivity contribution in [3.8, 4) is 11.8 Å². The number of benzene rings is 1. The van der Waals surface area contributed by atoms with Gasteiger partial charge in [-0.2, -0.15) is 4.98 Å². The second kappa shape index (κ2) is 6.24. The van der Waals surface area contributed by atoms with E-state index in [1.54, 1.807) is 19.1 Å². The fourth-order valence-electron chi connectivity index (χ4n) is 1.48. The van der Waals surface area contributed by atoms with Gasteiger partial charge < -0.3 is 10.2 Å². The van der Waals surface area contributed by atoms with Crippen molar-refractivity contribution >= 4 is 23.5 Å². The molecule has 0 atom stereocenters. The van der Waals surface area contributed by atoms with E-state index in [1.807, 2.05) is 0 Å². The molecule has 102 valence electrons. The third-order valence-electron chi connectivity index (χ3n) is 2.40. The number of hydrogen-bond donors (Lipinski definition) is 2. The Hall–Kier alpha value is -2.29. The molecular formula is C14H12ClN3O2. The van der Waals surface area contributed by atoms with E-state index in [0.717, 1.165) is 0 Å². The molecular weight excluding hydrogens is 278 g/mol. The summed E-state index contributed by atoms with van der Waals surface area (Å²) in [7, 11) is 0. The van der Waals surface area contributed by atoms with E-state index < -0.39 is 0 Å². The molecule has 0 spiro atoms. The van der Waals surface area contributed by atoms with E-state index >= 15 is 0 Å². The number of hydrogen-bond acceptors (Lipinski definition) is 4. The van der Waals surface area contributed by atoms with Gasteiger partial charge in [0, 0.05) is 11.1 Å². The lowest BCUT2D eigenvalue weighted by molar-refractivity contribution is 0.102. The minimum Gasteiger partial charge on any atom is -0.432 e. The van der Waals surface area contributed by atoms with E-state index in [0.29, 0.717) is 21.8 Å². The Morgan fingerprint density at radius 1 is 1.55 bits per heavy atom. The van der Waals surface area contributed by atoms with Crippen LogP contribution in [0.5, 0.6) is 0 Å². The van der Waals surface area contributed by atoms with Gasteiger partial charge in [-0.05, 0) is 25.1 Å². The first-order chi connectivity index (χ1) is 9.60. The van der Waals surface area contributed by atoms with Crippen LogP contribution < -0.4 is 11.1 Å². The summed E-state index contributed by atoms with van der Waals surface area (Å²) in [4.78, 5) is 16.0. The molecule has 0 bridgehead atoms. The topological polar surface area (TPSA) is 81.2 Å². The van der Waals surface area contributed by atoms with Gasteiger partial charge in [0.1, 0.15) is 6.26 Å². The minimum atomic E-state index is -0.355. The number of aryl methyl sites for hydroxylation is 1. The first-order valence-electron chi connectivity index (χ1n) is 5.82. The molecule has 0 saturated heterocycles. The first-order valence-corrected chi connectivity index (χ1v) is 6.20. The predicted octanol–water partition coefficient (Wildman–Crippen LogP) is 2.20. The van der Waals surface area contributed by atoms with Crippen molar-refractivity contribution in [3.05, 3.63) is 46.3 Å². The maximum Gasteiger partial charge on any atom is 0.301 e. The summed E-state index contributed by atoms with van der Waals surface area (Å²) in [5.41, 5.74) is 7.00. The molecule has 6 heteroatoms. The lowest BCUT2D eigenvalue weighted by Crippen LogP contribution is -2.12. The SMILES string of the molecule is Cc1coc(NC(=O)c2ccc(C#CCN)c(Cl)c2)n1. The Morgan fingerprint density at radius 2 is 2.35 bits per heavy atom. The molecule has 0 aliphatic rings. The van der Waals surface area contributed by atoms with Crippen LogP contribution >= 0.6 is 11.6 Å². The normalized spacial score (nSPS) is 9.75. The molecule has 20 heavy (non-hydrogen) atoms. The quantitative estimate of drug-likeness (QED) is 0.831. The van der Waals surface area contributed by atoms with Gasteiger partial charge in [0.15, 0.2) is 0 Å². The maximum atomic E-state index is 12.0. The number of nitrogens with zero attached hydrogens (tertiary/aromatic N) is 1. The summed E-state index contributed by atoms with van der Waals surface area (Å²) in [5, 5.41) is 2.93. The third kappa shape index (κ3) is 3.38. The second-order valence-corrected chi connectivity index (χ2v) is 4.36. The molecule has 2 aromatic rings. The number of nitrogens with two attached hydrogens (primary N) is 1. The molecule has 0 radical (unpaired) electrons. The Balaban J connectivity index is 2.16. The maximum absolute atomic E-state index is 12.0. The van der Waals surface area contributed by atoms with Crippen LogP contribution in [-0.4, -0.2) is 17.4 Å². The number of halogens is 1. The number of carbonyl (C=O) groups is 1. The molecule has 2 rings (SSSR count). The van der Waals surface area contributed by atoms with Crippen molar-refractivity contribution in [2.75, 3.05) is 11.9 Å². The van der Waals surface area contributed by atoms with Gasteiger partial charge in [-0.15, -0.1) is 0 Å². The fraction of sp³-hybridized carbons (Fsp3) is 0.143. The summed E-state index contributed by atoms with van der Waals surface area (Å²) in [6, 6.07) is 4.97. The highest BCUT2D eigenvalue weighted by molar-refractivity contribution is 6.32. The van der Waals surface area contributed by atoms with Crippen LogP contribution in [-0.2, 0) is 0 Å². The molecule has 3 N–H and O–H groups in total. The molecule has 1 aromatic heterocycles. The van der Waals surface area contributed by atoms with Crippen LogP contribution in [0.25, 0.3) is 0 Å². The average Bonchev–Trinajstić information content (AvgIpc) is 2.82. The molecule has 0 aliphatic heterocycles. The Morgan fingerprint density at radius 3 is 2.95 bits per heavy atom. The van der Waals surface area contributed by atoms with E-state index in [-0.39, 0.29) is 18.5 Å². The lowest BCUT2D eigenvalue weighted by Gasteiger charge is -2.03. The van der Waals surface area contributed by atoms with Gasteiger partial charge in [0.2, 0.25) is 0 Å². The highest BCUT2D eigenvalue weighted by Crippen LogP contribution is 2.18. The first kappa shape index (κ1) is 14.1. The van der Waals surface area contributed by atoms with Crippen LogP contribution in [0, 0.1) is 18.8 Å². The lowest BCUT2D eigenvalue weighted by atomic mass is 10.1. The number of oxazole rings is 1. The van der Waals surface area contributed by atoms with Crippen LogP contribution in [0.1, 0.15) is 21.6 Å². The zero-order chi connectivity index (χ0) is 14.5. The summed E-state index contributed by atoms with van der Waals surface area (Å²) in [5.74, 6) is 5.17. The monoisotopic (exact) mass is 289 g/mol. The van der Waals surface area contributed by atoms with Crippen molar-refractivity contribution < 1.29 is 9.21 Å². The summed E-state index contributed by atoms with van der Waals surface area (Å²) >= 11 is 6.05. The highest BCUT2D eigenvalue weighted by atomic mass is 35.5. The molecule has 5 nitrogen and oxygen atoms in total. The number of anilines is 1. The van der Waals surface area contributed by atoms with Crippen LogP contribution in [0.15, 0.2) is 28.9 Å². The van der Waals surface area contributed by atoms with Gasteiger partial charge in [0.05, 0.1) is 17.3 Å². The largest absolute Gasteiger partial charge is 0.432 e. The fourth-order valence-corrected chi connectivity index (χ4v) is 1.71. The van der Waals surface area contributed by atoms with E-state index in [4.69, 9.17) is 21.8 Å². The van der Waals surface area contributed by atoms with Crippen molar-refractivity contribution in [2.45, 2.75) is 6.92 Å². The molecule has 1 aromatic carbocycles. The molecule has 0 saturated carbocycles. The Bertz CT molecular complexity index is 698. The third-order valence-corrected chi connectivity index (χ3v) is 2.71. The number of carbonyl (C=O) groups excluding carboxylic acids is 1. The Labute approximate surface area is 121 Å². The Kier molecular flexibility index (Phi) is 4.41. The van der Waals surface area contributed by atoms with Gasteiger partial charge in [0.25, 0.3) is 5.91 Å². The average molecular weight is 290 g/mol. The second-order valence-electron chi connectivity index (χ2n) is 3.95. The zero-order valence-electron chi connectivity index (χ0n) is 10.7. The smallest absolute Gasteiger partial charge is 0.301 e. The molecule has 0 unspecified atom stereocenters. The minimum absolute atomic E-state index is 0.149. The molecule has 0 fully saturated rings. The van der Waals surface area contributed by atoms with Crippen molar-refractivity contribution in [1.82, 2.24) is 4.98 Å². The van der Waals surface area contributed by atoms with Gasteiger partial charge in [-0.3, -0.25) is 10.1 Å². The molecule has 1 heterocycles. The van der Waals surface area contributed by atoms with E-state index in [9.17, 15) is 4.79 Å². The van der Waals surface area contributed by atoms with E-state index in [1.165, 1.54) is 12.3 Å². The number of rotatable bonds is 2. The van der Waals surface area contributed by atoms with Gasteiger partial charge in [-0.1, -0.05) is 23.4 Å². The summed E-state index contributed by atoms with van der Waals surface area (Å²) < 4.78 is 5.05. The highest BCUT2D eigenvalue weighted by Gasteiger charge is 2.11. The van der Waals surface area contributed by atoms with Crippen LogP contribution in [0.2, 0.25) is 5.02 Å². The predicted molar refractivity (Wildman–Crippen MR) is 76.6 cm³/mol. The van der Waals surface area contributed by atoms with Crippen molar-refractivity contribution in [3.63, 3.8) is 0 Å². The summed E-state index contributed by atoms with van der Waals surface area (Å²) in [6.45, 7) is 2.02. The van der Waals surface area contributed by atoms with Crippen molar-refractivity contribution in [1.29, 1.82) is 0 Å². The van der Waals surface area contributed by atoms with Crippen LogP contribution in [0.3, 0.4) is 0 Å². The number of nitrogens with one attached hydrogen (secondary N) is 1. The van der Waals surface area contributed by atoms with Crippen molar-refractivity contribution in [2.24, 2.45) is 5.73 Å². The zero-order valence-corrected chi connectivity index (χ0v) is 11.5. The number of aromatic nitrogens is 1. The summed E-state index contributed by atoms with van der Waals surface area (Å²) in [6.07, 6.45) is 1.45.